The highest BCUT2D eigenvalue weighted by Gasteiger charge is 2.22. The topological polar surface area (TPSA) is 89.0 Å². The number of hydrogen-bond acceptors (Lipinski definition) is 5. The van der Waals surface area contributed by atoms with E-state index in [1.807, 2.05) is 6.07 Å². The van der Waals surface area contributed by atoms with E-state index in [0.717, 1.165) is 32.7 Å². The predicted octanol–water partition coefficient (Wildman–Crippen LogP) is 0.344. The number of anilines is 1. The second kappa shape index (κ2) is 8.81. The minimum absolute atomic E-state index is 0.0696. The van der Waals surface area contributed by atoms with Gasteiger partial charge in [-0.05, 0) is 24.3 Å². The Morgan fingerprint density at radius 3 is 2.65 bits per heavy atom. The van der Waals surface area contributed by atoms with Gasteiger partial charge in [0.2, 0.25) is 10.0 Å². The van der Waals surface area contributed by atoms with Crippen LogP contribution in [0, 0.1) is 5.82 Å². The minimum atomic E-state index is -3.69. The van der Waals surface area contributed by atoms with Gasteiger partial charge in [0.05, 0.1) is 48.8 Å². The number of aryl methyl sites for hydroxylation is 1. The highest BCUT2D eigenvalue weighted by molar-refractivity contribution is 7.89. The van der Waals surface area contributed by atoms with Crippen molar-refractivity contribution in [1.82, 2.24) is 9.29 Å². The van der Waals surface area contributed by atoms with E-state index in [-0.39, 0.29) is 16.3 Å². The lowest BCUT2D eigenvalue weighted by molar-refractivity contribution is -0.900. The normalized spacial score (nSPS) is 15.6. The number of para-hydroxylation sites is 1. The molecule has 1 fully saturated rings. The molecule has 0 atom stereocenters. The van der Waals surface area contributed by atoms with Gasteiger partial charge < -0.3 is 14.2 Å². The number of hydrogen-bond donors (Lipinski definition) is 2. The summed E-state index contributed by atoms with van der Waals surface area (Å²) in [7, 11) is -2.12. The van der Waals surface area contributed by atoms with E-state index in [0.29, 0.717) is 24.2 Å². The Bertz CT molecular complexity index is 1230. The van der Waals surface area contributed by atoms with Crippen LogP contribution in [0.5, 0.6) is 0 Å². The standard InChI is InChI=1S/C21H25FN4O4S/c1-24-19-8-7-16(15-20(19)30-21(24)27)31(28,29)23-9-4-10-25-11-13-26(14-12-25)18-6-3-2-5-17(18)22/h2-3,5-8,15,23H,4,9-14H2,1H3/p+1. The SMILES string of the molecule is Cn1c(=O)oc2cc(S(=O)(=O)NCCC[NH+]3CCN(c4ccccc4F)CC3)ccc21. The first-order valence-electron chi connectivity index (χ1n) is 10.3. The van der Waals surface area contributed by atoms with Crippen molar-refractivity contribution in [2.24, 2.45) is 7.05 Å². The Hall–Kier alpha value is -2.69. The third kappa shape index (κ3) is 4.65. The third-order valence-corrected chi connectivity index (χ3v) is 7.20. The molecule has 2 N–H and O–H groups in total. The second-order valence-corrected chi connectivity index (χ2v) is 9.51. The molecule has 8 nitrogen and oxygen atoms in total. The van der Waals surface area contributed by atoms with Gasteiger partial charge in [0.1, 0.15) is 5.82 Å². The molecule has 2 aromatic carbocycles. The quantitative estimate of drug-likeness (QED) is 0.508. The fourth-order valence-electron chi connectivity index (χ4n) is 3.93. The molecule has 1 aromatic heterocycles. The molecule has 3 aromatic rings. The van der Waals surface area contributed by atoms with E-state index in [4.69, 9.17) is 4.42 Å². The number of rotatable bonds is 7. The summed E-state index contributed by atoms with van der Waals surface area (Å²) in [5, 5.41) is 0. The van der Waals surface area contributed by atoms with E-state index in [2.05, 4.69) is 9.62 Å². The first kappa shape index (κ1) is 21.5. The van der Waals surface area contributed by atoms with E-state index >= 15 is 0 Å². The van der Waals surface area contributed by atoms with Gasteiger partial charge in [0.25, 0.3) is 0 Å². The molecule has 1 aliphatic heterocycles. The Labute approximate surface area is 179 Å². The summed E-state index contributed by atoms with van der Waals surface area (Å²) in [6.07, 6.45) is 0.691. The zero-order chi connectivity index (χ0) is 22.0. The number of fused-ring (bicyclic) bond motifs is 1. The summed E-state index contributed by atoms with van der Waals surface area (Å²) in [6.45, 7) is 4.45. The number of oxazole rings is 1. The number of nitrogens with one attached hydrogen (secondary N) is 2. The maximum Gasteiger partial charge on any atom is 0.419 e. The Balaban J connectivity index is 1.26. The molecule has 4 rings (SSSR count). The number of quaternary nitrogens is 1. The van der Waals surface area contributed by atoms with Crippen molar-refractivity contribution in [2.75, 3.05) is 44.2 Å². The van der Waals surface area contributed by atoms with E-state index in [1.165, 1.54) is 27.7 Å². The van der Waals surface area contributed by atoms with Crippen molar-refractivity contribution in [1.29, 1.82) is 0 Å². The molecule has 0 unspecified atom stereocenters. The zero-order valence-electron chi connectivity index (χ0n) is 17.3. The monoisotopic (exact) mass is 449 g/mol. The fraction of sp³-hybridized carbons (Fsp3) is 0.381. The molecular weight excluding hydrogens is 423 g/mol. The lowest BCUT2D eigenvalue weighted by Gasteiger charge is -2.33. The fourth-order valence-corrected chi connectivity index (χ4v) is 5.02. The molecule has 0 radical (unpaired) electrons. The van der Waals surface area contributed by atoms with Crippen LogP contribution >= 0.6 is 0 Å². The molecule has 0 bridgehead atoms. The van der Waals surface area contributed by atoms with Crippen LogP contribution in [0.25, 0.3) is 11.1 Å². The maximum absolute atomic E-state index is 13.9. The van der Waals surface area contributed by atoms with Gasteiger partial charge in [-0.2, -0.15) is 0 Å². The maximum atomic E-state index is 13.9. The summed E-state index contributed by atoms with van der Waals surface area (Å²) in [5.74, 6) is -0.732. The highest BCUT2D eigenvalue weighted by atomic mass is 32.2. The van der Waals surface area contributed by atoms with E-state index in [1.54, 1.807) is 25.2 Å². The number of halogens is 1. The van der Waals surface area contributed by atoms with Gasteiger partial charge in [-0.25, -0.2) is 22.3 Å². The van der Waals surface area contributed by atoms with Crippen LogP contribution in [0.1, 0.15) is 6.42 Å². The molecule has 31 heavy (non-hydrogen) atoms. The Morgan fingerprint density at radius 2 is 1.90 bits per heavy atom. The molecule has 1 saturated heterocycles. The van der Waals surface area contributed by atoms with Crippen molar-refractivity contribution in [3.63, 3.8) is 0 Å². The largest absolute Gasteiger partial charge is 0.419 e. The molecule has 2 heterocycles. The number of sulfonamides is 1. The summed E-state index contributed by atoms with van der Waals surface area (Å²) < 4.78 is 48.1. The molecule has 10 heteroatoms. The predicted molar refractivity (Wildman–Crippen MR) is 115 cm³/mol. The molecule has 0 saturated carbocycles. The van der Waals surface area contributed by atoms with Crippen molar-refractivity contribution in [3.05, 3.63) is 58.8 Å². The van der Waals surface area contributed by atoms with Crippen LogP contribution in [-0.2, 0) is 17.1 Å². The van der Waals surface area contributed by atoms with Gasteiger partial charge in [0, 0.05) is 26.1 Å². The Morgan fingerprint density at radius 1 is 1.16 bits per heavy atom. The van der Waals surface area contributed by atoms with Gasteiger partial charge in [-0.3, -0.25) is 4.57 Å². The van der Waals surface area contributed by atoms with Gasteiger partial charge >= 0.3 is 5.76 Å². The van der Waals surface area contributed by atoms with Crippen LogP contribution in [0.15, 0.2) is 56.6 Å². The summed E-state index contributed by atoms with van der Waals surface area (Å²) in [4.78, 5) is 15.1. The summed E-state index contributed by atoms with van der Waals surface area (Å²) in [6, 6.07) is 11.2. The molecule has 0 amide bonds. The average Bonchev–Trinajstić information content (AvgIpc) is 3.05. The van der Waals surface area contributed by atoms with E-state index < -0.39 is 15.8 Å². The lowest BCUT2D eigenvalue weighted by atomic mass is 10.2. The number of nitrogens with zero attached hydrogens (tertiary/aromatic N) is 2. The lowest BCUT2D eigenvalue weighted by Crippen LogP contribution is -3.15. The van der Waals surface area contributed by atoms with Gasteiger partial charge in [-0.15, -0.1) is 0 Å². The molecule has 1 aliphatic rings. The van der Waals surface area contributed by atoms with Crippen LogP contribution in [0.3, 0.4) is 0 Å². The van der Waals surface area contributed by atoms with Gasteiger partial charge in [0.15, 0.2) is 5.58 Å². The highest BCUT2D eigenvalue weighted by Crippen LogP contribution is 2.19. The van der Waals surface area contributed by atoms with Crippen molar-refractivity contribution in [2.45, 2.75) is 11.3 Å². The first-order valence-corrected chi connectivity index (χ1v) is 11.8. The summed E-state index contributed by atoms with van der Waals surface area (Å²) in [5.41, 5.74) is 1.43. The third-order valence-electron chi connectivity index (χ3n) is 5.74. The molecule has 0 aliphatic carbocycles. The molecule has 0 spiro atoms. The van der Waals surface area contributed by atoms with E-state index in [9.17, 15) is 17.6 Å². The van der Waals surface area contributed by atoms with Crippen LogP contribution in [-0.4, -0.2) is 52.3 Å². The van der Waals surface area contributed by atoms with Gasteiger partial charge in [-0.1, -0.05) is 12.1 Å². The van der Waals surface area contributed by atoms with Crippen molar-refractivity contribution in [3.8, 4) is 0 Å². The summed E-state index contributed by atoms with van der Waals surface area (Å²) >= 11 is 0. The van der Waals surface area contributed by atoms with Crippen LogP contribution < -0.4 is 20.3 Å². The average molecular weight is 450 g/mol. The first-order chi connectivity index (χ1) is 14.8. The Kier molecular flexibility index (Phi) is 6.12. The number of benzene rings is 2. The minimum Gasteiger partial charge on any atom is -0.408 e. The van der Waals surface area contributed by atoms with Crippen LogP contribution in [0.2, 0.25) is 0 Å². The van der Waals surface area contributed by atoms with Crippen LogP contribution in [0.4, 0.5) is 10.1 Å². The molecule has 166 valence electrons. The number of aromatic nitrogens is 1. The van der Waals surface area contributed by atoms with Crippen molar-refractivity contribution >= 4 is 26.8 Å². The smallest absolute Gasteiger partial charge is 0.408 e. The zero-order valence-corrected chi connectivity index (χ0v) is 18.1. The number of piperazine rings is 1. The van der Waals surface area contributed by atoms with Crippen molar-refractivity contribution < 1.29 is 22.1 Å². The second-order valence-electron chi connectivity index (χ2n) is 7.75. The molecular formula is C21H26FN4O4S+.